The highest BCUT2D eigenvalue weighted by Crippen LogP contribution is 2.32. The van der Waals surface area contributed by atoms with E-state index in [0.717, 1.165) is 18.4 Å². The molecule has 1 aliphatic heterocycles. The van der Waals surface area contributed by atoms with Crippen LogP contribution in [0, 0.1) is 23.0 Å². The molecule has 1 saturated heterocycles. The average molecular weight is 534 g/mol. The Morgan fingerprint density at radius 2 is 1.67 bits per heavy atom. The first-order valence-corrected chi connectivity index (χ1v) is 14.2. The number of nitriles is 1. The smallest absolute Gasteiger partial charge is 0.211 e. The van der Waals surface area contributed by atoms with Gasteiger partial charge in [-0.1, -0.05) is 6.07 Å². The lowest BCUT2D eigenvalue weighted by atomic mass is 10.1. The number of aromatic nitrogens is 1. The molecule has 36 heavy (non-hydrogen) atoms. The predicted octanol–water partition coefficient (Wildman–Crippen LogP) is 3.89. The number of benzene rings is 2. The molecule has 0 spiro atoms. The quantitative estimate of drug-likeness (QED) is 0.472. The summed E-state index contributed by atoms with van der Waals surface area (Å²) in [4.78, 5) is 3.90. The lowest BCUT2D eigenvalue weighted by Gasteiger charge is -2.30. The third kappa shape index (κ3) is 5.38. The lowest BCUT2D eigenvalue weighted by Crippen LogP contribution is -2.42. The van der Waals surface area contributed by atoms with Gasteiger partial charge in [-0.05, 0) is 54.8 Å². The van der Waals surface area contributed by atoms with E-state index in [2.05, 4.69) is 4.98 Å². The van der Waals surface area contributed by atoms with Crippen molar-refractivity contribution < 1.29 is 30.4 Å². The minimum Gasteiger partial charge on any atom is -0.456 e. The van der Waals surface area contributed by atoms with E-state index in [4.69, 9.17) is 4.74 Å². The number of hydrogen-bond acceptors (Lipinski definition) is 7. The molecule has 1 aromatic heterocycles. The summed E-state index contributed by atoms with van der Waals surface area (Å²) in [6.07, 6.45) is 4.17. The van der Waals surface area contributed by atoms with E-state index >= 15 is 0 Å². The predicted molar refractivity (Wildman–Crippen MR) is 127 cm³/mol. The van der Waals surface area contributed by atoms with E-state index in [1.807, 2.05) is 6.07 Å². The summed E-state index contributed by atoms with van der Waals surface area (Å²) in [5.41, 5.74) is 0.738. The van der Waals surface area contributed by atoms with Crippen LogP contribution in [0.15, 0.2) is 59.8 Å². The van der Waals surface area contributed by atoms with Gasteiger partial charge in [-0.3, -0.25) is 4.98 Å². The molecule has 1 aliphatic rings. The molecule has 0 aliphatic carbocycles. The van der Waals surface area contributed by atoms with Crippen LogP contribution in [-0.2, 0) is 19.9 Å². The lowest BCUT2D eigenvalue weighted by molar-refractivity contribution is 0.348. The zero-order valence-corrected chi connectivity index (χ0v) is 20.7. The van der Waals surface area contributed by atoms with Gasteiger partial charge in [0.05, 0.1) is 28.2 Å². The molecule has 2 aromatic carbocycles. The molecule has 12 heteroatoms. The molecular weight excluding hydrogens is 512 g/mol. The highest BCUT2D eigenvalue weighted by molar-refractivity contribution is 7.92. The van der Waals surface area contributed by atoms with Gasteiger partial charge in [0.25, 0.3) is 0 Å². The number of nitrogens with zero attached hydrogens (tertiary/aromatic N) is 3. The van der Waals surface area contributed by atoms with Gasteiger partial charge in [-0.25, -0.2) is 29.9 Å². The number of halogens is 2. The van der Waals surface area contributed by atoms with Crippen molar-refractivity contribution in [2.75, 3.05) is 19.3 Å². The van der Waals surface area contributed by atoms with E-state index < -0.39 is 36.7 Å². The van der Waals surface area contributed by atoms with Crippen LogP contribution in [0.5, 0.6) is 11.5 Å². The van der Waals surface area contributed by atoms with Gasteiger partial charge in [-0.2, -0.15) is 5.26 Å². The summed E-state index contributed by atoms with van der Waals surface area (Å²) in [6, 6.07) is 10.9. The Kier molecular flexibility index (Phi) is 7.08. The van der Waals surface area contributed by atoms with Gasteiger partial charge in [-0.15, -0.1) is 0 Å². The first-order chi connectivity index (χ1) is 17.0. The van der Waals surface area contributed by atoms with Gasteiger partial charge in [0.1, 0.15) is 17.6 Å². The van der Waals surface area contributed by atoms with Crippen molar-refractivity contribution in [3.63, 3.8) is 0 Å². The fourth-order valence-corrected chi connectivity index (χ4v) is 6.74. The molecule has 4 rings (SSSR count). The third-order valence-electron chi connectivity index (χ3n) is 5.89. The largest absolute Gasteiger partial charge is 0.456 e. The molecule has 0 saturated carbocycles. The summed E-state index contributed by atoms with van der Waals surface area (Å²) < 4.78 is 83.7. The van der Waals surface area contributed by atoms with Crippen molar-refractivity contribution in [3.8, 4) is 28.7 Å². The van der Waals surface area contributed by atoms with Crippen LogP contribution < -0.4 is 4.74 Å². The summed E-state index contributed by atoms with van der Waals surface area (Å²) in [7, 11) is -7.30. The molecule has 2 heterocycles. The minimum absolute atomic E-state index is 0.0904. The Bertz CT molecular complexity index is 1560. The maximum Gasteiger partial charge on any atom is 0.211 e. The molecule has 0 amide bonds. The van der Waals surface area contributed by atoms with E-state index in [9.17, 15) is 30.9 Å². The van der Waals surface area contributed by atoms with E-state index in [1.54, 1.807) is 6.07 Å². The number of sulfonamides is 1. The Morgan fingerprint density at radius 3 is 2.31 bits per heavy atom. The molecule has 0 N–H and O–H groups in total. The first-order valence-electron chi connectivity index (χ1n) is 10.8. The second-order valence-corrected chi connectivity index (χ2v) is 12.5. The SMILES string of the molecule is CS(=O)(=O)N1CCC(S(=O)(=O)c2ccc(Oc3cncc(-c4ccc(F)c(F)c4)c3)cc2C#N)CC1. The standard InChI is InChI=1S/C24H21F2N3O5S2/c1-35(30,31)29-8-6-21(7-9-29)36(32,33)24-5-3-19(10-17(24)13-27)34-20-11-18(14-28-15-20)16-2-4-22(25)23(26)12-16/h2-5,10-12,14-15,21H,6-9H2,1H3. The van der Waals surface area contributed by atoms with Crippen molar-refractivity contribution in [2.45, 2.75) is 23.0 Å². The van der Waals surface area contributed by atoms with Crippen LogP contribution in [-0.4, -0.2) is 50.7 Å². The van der Waals surface area contributed by atoms with Gasteiger partial charge >= 0.3 is 0 Å². The number of pyridine rings is 1. The molecule has 1 fully saturated rings. The normalized spacial score (nSPS) is 15.4. The topological polar surface area (TPSA) is 117 Å². The van der Waals surface area contributed by atoms with Crippen LogP contribution in [0.1, 0.15) is 18.4 Å². The molecule has 0 radical (unpaired) electrons. The molecule has 0 atom stereocenters. The van der Waals surface area contributed by atoms with E-state index in [0.29, 0.717) is 11.1 Å². The molecular formula is C24H21F2N3O5S2. The fraction of sp³-hybridized carbons (Fsp3) is 0.250. The molecule has 0 bridgehead atoms. The van der Waals surface area contributed by atoms with Crippen molar-refractivity contribution >= 4 is 19.9 Å². The molecule has 188 valence electrons. The monoisotopic (exact) mass is 533 g/mol. The molecule has 3 aromatic rings. The average Bonchev–Trinajstić information content (AvgIpc) is 2.85. The van der Waals surface area contributed by atoms with Crippen molar-refractivity contribution in [1.29, 1.82) is 5.26 Å². The van der Waals surface area contributed by atoms with Crippen molar-refractivity contribution in [1.82, 2.24) is 9.29 Å². The van der Waals surface area contributed by atoms with E-state index in [-0.39, 0.29) is 47.9 Å². The minimum atomic E-state index is -3.89. The van der Waals surface area contributed by atoms with Crippen LogP contribution in [0.3, 0.4) is 0 Å². The maximum atomic E-state index is 13.6. The Hall–Kier alpha value is -3.40. The van der Waals surface area contributed by atoms with Crippen LogP contribution in [0.25, 0.3) is 11.1 Å². The zero-order valence-electron chi connectivity index (χ0n) is 19.1. The summed E-state index contributed by atoms with van der Waals surface area (Å²) in [5.74, 6) is -1.55. The second kappa shape index (κ2) is 9.93. The Balaban J connectivity index is 1.56. The third-order valence-corrected chi connectivity index (χ3v) is 9.51. The van der Waals surface area contributed by atoms with E-state index in [1.165, 1.54) is 41.0 Å². The van der Waals surface area contributed by atoms with Crippen LogP contribution in [0.2, 0.25) is 0 Å². The number of ether oxygens (including phenoxy) is 1. The summed E-state index contributed by atoms with van der Waals surface area (Å²) in [6.45, 7) is 0.181. The molecule has 8 nitrogen and oxygen atoms in total. The molecule has 0 unspecified atom stereocenters. The maximum absolute atomic E-state index is 13.6. The number of hydrogen-bond donors (Lipinski definition) is 0. The van der Waals surface area contributed by atoms with Crippen molar-refractivity contribution in [2.24, 2.45) is 0 Å². The number of rotatable bonds is 6. The number of piperidine rings is 1. The van der Waals surface area contributed by atoms with Gasteiger partial charge < -0.3 is 4.74 Å². The van der Waals surface area contributed by atoms with Gasteiger partial charge in [0.15, 0.2) is 21.5 Å². The highest BCUT2D eigenvalue weighted by Gasteiger charge is 2.35. The Labute approximate surface area is 207 Å². The summed E-state index contributed by atoms with van der Waals surface area (Å²) >= 11 is 0. The van der Waals surface area contributed by atoms with Crippen LogP contribution >= 0.6 is 0 Å². The zero-order chi connectivity index (χ0) is 26.1. The number of sulfone groups is 1. The van der Waals surface area contributed by atoms with Crippen LogP contribution in [0.4, 0.5) is 8.78 Å². The first kappa shape index (κ1) is 25.7. The highest BCUT2D eigenvalue weighted by atomic mass is 32.2. The van der Waals surface area contributed by atoms with Gasteiger partial charge in [0.2, 0.25) is 10.0 Å². The Morgan fingerprint density at radius 1 is 0.944 bits per heavy atom. The second-order valence-electron chi connectivity index (χ2n) is 8.32. The fourth-order valence-electron chi connectivity index (χ4n) is 4.01. The summed E-state index contributed by atoms with van der Waals surface area (Å²) in [5, 5.41) is 8.81. The van der Waals surface area contributed by atoms with Crippen molar-refractivity contribution in [3.05, 3.63) is 72.1 Å². The van der Waals surface area contributed by atoms with Gasteiger partial charge in [0, 0.05) is 24.8 Å².